The molecule has 0 saturated carbocycles. The van der Waals surface area contributed by atoms with Gasteiger partial charge in [-0.25, -0.2) is 4.68 Å². The Kier molecular flexibility index (Phi) is 3.61. The molecule has 1 aliphatic rings. The standard InChI is InChI=1S/C13H16N2O5/c1-3-8-6-13(2,20-12(8)19)9(16)7-15-11(18)5-4-10(17)14-15/h4-5,8H,3,6-7H2,1-2H3,(H,14,17). The quantitative estimate of drug-likeness (QED) is 0.773. The number of rotatable bonds is 4. The molecule has 2 atom stereocenters. The number of hydrogen-bond acceptors (Lipinski definition) is 5. The van der Waals surface area contributed by atoms with Crippen molar-refractivity contribution in [3.05, 3.63) is 32.8 Å². The molecule has 0 spiro atoms. The third-order valence-corrected chi connectivity index (χ3v) is 3.57. The summed E-state index contributed by atoms with van der Waals surface area (Å²) >= 11 is 0. The van der Waals surface area contributed by atoms with Crippen molar-refractivity contribution in [3.63, 3.8) is 0 Å². The van der Waals surface area contributed by atoms with Gasteiger partial charge in [-0.1, -0.05) is 6.92 Å². The van der Waals surface area contributed by atoms with E-state index in [0.717, 1.165) is 16.8 Å². The highest BCUT2D eigenvalue weighted by Gasteiger charge is 2.47. The number of carbonyl (C=O) groups excluding carboxylic acids is 2. The predicted molar refractivity (Wildman–Crippen MR) is 69.2 cm³/mol. The Labute approximate surface area is 114 Å². The third kappa shape index (κ3) is 2.56. The number of ether oxygens (including phenoxy) is 1. The number of nitrogens with one attached hydrogen (secondary N) is 1. The van der Waals surface area contributed by atoms with Gasteiger partial charge in [0, 0.05) is 18.6 Å². The number of esters is 1. The lowest BCUT2D eigenvalue weighted by atomic mass is 9.90. The van der Waals surface area contributed by atoms with Crippen molar-refractivity contribution < 1.29 is 14.3 Å². The molecule has 2 unspecified atom stereocenters. The number of cyclic esters (lactones) is 1. The second kappa shape index (κ2) is 5.07. The first-order valence-corrected chi connectivity index (χ1v) is 6.42. The van der Waals surface area contributed by atoms with Crippen LogP contribution in [0.2, 0.25) is 0 Å². The molecule has 0 radical (unpaired) electrons. The van der Waals surface area contributed by atoms with Gasteiger partial charge in [0.25, 0.3) is 11.1 Å². The molecule has 1 aliphatic heterocycles. The molecule has 1 aromatic heterocycles. The molecule has 108 valence electrons. The van der Waals surface area contributed by atoms with Gasteiger partial charge in [-0.15, -0.1) is 0 Å². The molecule has 1 saturated heterocycles. The van der Waals surface area contributed by atoms with Crippen molar-refractivity contribution in [2.45, 2.75) is 38.8 Å². The highest BCUT2D eigenvalue weighted by atomic mass is 16.6. The molecular weight excluding hydrogens is 264 g/mol. The van der Waals surface area contributed by atoms with Crippen molar-refractivity contribution >= 4 is 11.8 Å². The van der Waals surface area contributed by atoms with E-state index in [-0.39, 0.29) is 12.5 Å². The van der Waals surface area contributed by atoms with Gasteiger partial charge in [-0.05, 0) is 13.3 Å². The van der Waals surface area contributed by atoms with Crippen LogP contribution in [0, 0.1) is 5.92 Å². The van der Waals surface area contributed by atoms with Gasteiger partial charge in [-0.2, -0.15) is 0 Å². The van der Waals surface area contributed by atoms with E-state index in [4.69, 9.17) is 4.74 Å². The average Bonchev–Trinajstić information content (AvgIpc) is 2.70. The van der Waals surface area contributed by atoms with Gasteiger partial charge >= 0.3 is 5.97 Å². The van der Waals surface area contributed by atoms with Crippen molar-refractivity contribution in [1.82, 2.24) is 9.78 Å². The monoisotopic (exact) mass is 280 g/mol. The predicted octanol–water partition coefficient (Wildman–Crippen LogP) is -0.163. The fraction of sp³-hybridized carbons (Fsp3) is 0.538. The van der Waals surface area contributed by atoms with Crippen LogP contribution in [0.5, 0.6) is 0 Å². The summed E-state index contributed by atoms with van der Waals surface area (Å²) in [7, 11) is 0. The van der Waals surface area contributed by atoms with Crippen LogP contribution in [-0.4, -0.2) is 27.1 Å². The van der Waals surface area contributed by atoms with Gasteiger partial charge in [0.15, 0.2) is 11.4 Å². The van der Waals surface area contributed by atoms with Crippen LogP contribution >= 0.6 is 0 Å². The first-order valence-electron chi connectivity index (χ1n) is 6.42. The van der Waals surface area contributed by atoms with Gasteiger partial charge in [0.1, 0.15) is 6.54 Å². The normalized spacial score (nSPS) is 25.5. The highest BCUT2D eigenvalue weighted by Crippen LogP contribution is 2.33. The van der Waals surface area contributed by atoms with Crippen molar-refractivity contribution in [1.29, 1.82) is 0 Å². The summed E-state index contributed by atoms with van der Waals surface area (Å²) in [6.07, 6.45) is 0.900. The van der Waals surface area contributed by atoms with Crippen molar-refractivity contribution in [2.75, 3.05) is 0 Å². The van der Waals surface area contributed by atoms with E-state index >= 15 is 0 Å². The fourth-order valence-corrected chi connectivity index (χ4v) is 2.27. The van der Waals surface area contributed by atoms with Crippen LogP contribution < -0.4 is 11.1 Å². The van der Waals surface area contributed by atoms with Crippen molar-refractivity contribution in [3.8, 4) is 0 Å². The maximum absolute atomic E-state index is 12.2. The summed E-state index contributed by atoms with van der Waals surface area (Å²) in [6, 6.07) is 2.18. The zero-order chi connectivity index (χ0) is 14.9. The smallest absolute Gasteiger partial charge is 0.310 e. The molecule has 1 aromatic rings. The average molecular weight is 280 g/mol. The van der Waals surface area contributed by atoms with Gasteiger partial charge in [0.2, 0.25) is 0 Å². The Hall–Kier alpha value is -2.18. The van der Waals surface area contributed by atoms with E-state index in [1.807, 2.05) is 6.92 Å². The maximum atomic E-state index is 12.2. The number of hydrogen-bond donors (Lipinski definition) is 1. The molecular formula is C13H16N2O5. The van der Waals surface area contributed by atoms with E-state index in [2.05, 4.69) is 5.10 Å². The Morgan fingerprint density at radius 2 is 2.15 bits per heavy atom. The van der Waals surface area contributed by atoms with Crippen LogP contribution in [0.3, 0.4) is 0 Å². The first kappa shape index (κ1) is 14.2. The zero-order valence-electron chi connectivity index (χ0n) is 11.3. The second-order valence-corrected chi connectivity index (χ2v) is 5.12. The van der Waals surface area contributed by atoms with Gasteiger partial charge in [-0.3, -0.25) is 24.3 Å². The summed E-state index contributed by atoms with van der Waals surface area (Å²) in [5.41, 5.74) is -2.19. The summed E-state index contributed by atoms with van der Waals surface area (Å²) in [5.74, 6) is -1.10. The minimum absolute atomic E-state index is 0.296. The molecule has 7 nitrogen and oxygen atoms in total. The maximum Gasteiger partial charge on any atom is 0.310 e. The Morgan fingerprint density at radius 1 is 1.45 bits per heavy atom. The molecule has 1 N–H and O–H groups in total. The fourth-order valence-electron chi connectivity index (χ4n) is 2.27. The largest absolute Gasteiger partial charge is 0.451 e. The number of aromatic amines is 1. The molecule has 0 aliphatic carbocycles. The number of aromatic nitrogens is 2. The SMILES string of the molecule is CCC1CC(C)(C(=O)Cn2[nH]c(=O)ccc2=O)OC1=O. The lowest BCUT2D eigenvalue weighted by Gasteiger charge is -2.21. The molecule has 2 rings (SSSR count). The van der Waals surface area contributed by atoms with E-state index in [9.17, 15) is 19.2 Å². The van der Waals surface area contributed by atoms with Crippen LogP contribution in [0.15, 0.2) is 21.7 Å². The summed E-state index contributed by atoms with van der Waals surface area (Å²) in [5, 5.41) is 2.27. The number of nitrogens with zero attached hydrogens (tertiary/aromatic N) is 1. The highest BCUT2D eigenvalue weighted by molar-refractivity contribution is 5.92. The molecule has 1 fully saturated rings. The molecule has 0 bridgehead atoms. The van der Waals surface area contributed by atoms with Crippen LogP contribution in [0.25, 0.3) is 0 Å². The van der Waals surface area contributed by atoms with E-state index in [1.165, 1.54) is 6.92 Å². The summed E-state index contributed by atoms with van der Waals surface area (Å²) < 4.78 is 6.08. The minimum atomic E-state index is -1.23. The zero-order valence-corrected chi connectivity index (χ0v) is 11.3. The minimum Gasteiger partial charge on any atom is -0.451 e. The third-order valence-electron chi connectivity index (χ3n) is 3.57. The number of ketones is 1. The molecule has 0 aromatic carbocycles. The van der Waals surface area contributed by atoms with E-state index in [1.54, 1.807) is 0 Å². The van der Waals surface area contributed by atoms with E-state index < -0.39 is 28.5 Å². The van der Waals surface area contributed by atoms with Crippen molar-refractivity contribution in [2.24, 2.45) is 5.92 Å². The molecule has 2 heterocycles. The number of carbonyl (C=O) groups is 2. The first-order chi connectivity index (χ1) is 9.35. The summed E-state index contributed by atoms with van der Waals surface area (Å²) in [4.78, 5) is 46.6. The topological polar surface area (TPSA) is 98.2 Å². The van der Waals surface area contributed by atoms with Gasteiger partial charge in [0.05, 0.1) is 5.92 Å². The Bertz CT molecular complexity index is 659. The molecule has 0 amide bonds. The number of H-pyrrole nitrogens is 1. The number of Topliss-reactive ketones (excluding diaryl/α,β-unsaturated/α-hetero) is 1. The lowest BCUT2D eigenvalue weighted by Crippen LogP contribution is -2.41. The Balaban J connectivity index is 2.20. The lowest BCUT2D eigenvalue weighted by molar-refractivity contribution is -0.157. The van der Waals surface area contributed by atoms with Gasteiger partial charge < -0.3 is 4.74 Å². The Morgan fingerprint density at radius 3 is 2.75 bits per heavy atom. The summed E-state index contributed by atoms with van der Waals surface area (Å²) in [6.45, 7) is 3.06. The second-order valence-electron chi connectivity index (χ2n) is 5.12. The molecule has 7 heteroatoms. The van der Waals surface area contributed by atoms with Crippen LogP contribution in [0.4, 0.5) is 0 Å². The van der Waals surface area contributed by atoms with Crippen LogP contribution in [0.1, 0.15) is 26.7 Å². The van der Waals surface area contributed by atoms with E-state index in [0.29, 0.717) is 12.8 Å². The van der Waals surface area contributed by atoms with Crippen LogP contribution in [-0.2, 0) is 20.9 Å². The molecule has 20 heavy (non-hydrogen) atoms.